The second-order valence-corrected chi connectivity index (χ2v) is 5.81. The molecule has 2 rings (SSSR count). The van der Waals surface area contributed by atoms with E-state index in [0.717, 1.165) is 24.1 Å². The highest BCUT2D eigenvalue weighted by Gasteiger charge is 2.07. The summed E-state index contributed by atoms with van der Waals surface area (Å²) in [6.07, 6.45) is 6.54. The molecule has 2 aromatic rings. The van der Waals surface area contributed by atoms with Crippen LogP contribution in [0.3, 0.4) is 0 Å². The summed E-state index contributed by atoms with van der Waals surface area (Å²) >= 11 is 0. The predicted molar refractivity (Wildman–Crippen MR) is 95.9 cm³/mol. The summed E-state index contributed by atoms with van der Waals surface area (Å²) < 4.78 is 3.41. The highest BCUT2D eigenvalue weighted by atomic mass is 35.5. The molecule has 1 aromatic carbocycles. The van der Waals surface area contributed by atoms with Crippen molar-refractivity contribution in [1.82, 2.24) is 14.5 Å². The minimum atomic E-state index is 0. The van der Waals surface area contributed by atoms with Crippen LogP contribution in [0, 0.1) is 0 Å². The SMILES string of the molecule is CCCCCCCNCc1ccc2c(c1)n(C)c(=O)n2C.Cl. The van der Waals surface area contributed by atoms with Crippen LogP contribution in [-0.2, 0) is 20.6 Å². The Kier molecular flexibility index (Phi) is 7.69. The first-order valence-corrected chi connectivity index (χ1v) is 8.00. The standard InChI is InChI=1S/C17H27N3O.ClH/c1-4-5-6-7-8-11-18-13-14-9-10-15-16(12-14)20(3)17(21)19(15)2;/h9-10,12,18H,4-8,11,13H2,1-3H3;1H. The number of hydrogen-bond donors (Lipinski definition) is 1. The number of hydrogen-bond acceptors (Lipinski definition) is 2. The van der Waals surface area contributed by atoms with Gasteiger partial charge in [0.15, 0.2) is 0 Å². The summed E-state index contributed by atoms with van der Waals surface area (Å²) in [5.41, 5.74) is 3.26. The van der Waals surface area contributed by atoms with Crippen molar-refractivity contribution in [1.29, 1.82) is 0 Å². The molecule has 0 saturated heterocycles. The quantitative estimate of drug-likeness (QED) is 0.756. The van der Waals surface area contributed by atoms with Gasteiger partial charge in [-0.15, -0.1) is 12.4 Å². The molecule has 5 heteroatoms. The van der Waals surface area contributed by atoms with Gasteiger partial charge >= 0.3 is 5.69 Å². The maximum absolute atomic E-state index is 11.9. The lowest BCUT2D eigenvalue weighted by Crippen LogP contribution is -2.19. The van der Waals surface area contributed by atoms with Crippen molar-refractivity contribution in [3.8, 4) is 0 Å². The lowest BCUT2D eigenvalue weighted by Gasteiger charge is -2.06. The third-order valence-corrected chi connectivity index (χ3v) is 4.12. The van der Waals surface area contributed by atoms with Crippen molar-refractivity contribution in [2.45, 2.75) is 45.6 Å². The van der Waals surface area contributed by atoms with Crippen LogP contribution >= 0.6 is 12.4 Å². The molecule has 4 nitrogen and oxygen atoms in total. The Labute approximate surface area is 138 Å². The molecule has 0 atom stereocenters. The smallest absolute Gasteiger partial charge is 0.313 e. The molecule has 0 amide bonds. The fourth-order valence-electron chi connectivity index (χ4n) is 2.75. The molecule has 0 aliphatic heterocycles. The first-order chi connectivity index (χ1) is 10.1. The zero-order valence-electron chi connectivity index (χ0n) is 13.9. The average Bonchev–Trinajstić information content (AvgIpc) is 2.71. The number of aromatic nitrogens is 2. The fraction of sp³-hybridized carbons (Fsp3) is 0.588. The normalized spacial score (nSPS) is 10.9. The van der Waals surface area contributed by atoms with Crippen LogP contribution < -0.4 is 11.0 Å². The summed E-state index contributed by atoms with van der Waals surface area (Å²) in [7, 11) is 3.65. The summed E-state index contributed by atoms with van der Waals surface area (Å²) in [5, 5.41) is 3.49. The lowest BCUT2D eigenvalue weighted by molar-refractivity contribution is 0.583. The zero-order valence-corrected chi connectivity index (χ0v) is 14.7. The summed E-state index contributed by atoms with van der Waals surface area (Å²) in [5.74, 6) is 0. The molecule has 1 aromatic heterocycles. The van der Waals surface area contributed by atoms with Crippen molar-refractivity contribution >= 4 is 23.4 Å². The maximum Gasteiger partial charge on any atom is 0.328 e. The van der Waals surface area contributed by atoms with Gasteiger partial charge in [0.2, 0.25) is 0 Å². The first kappa shape index (κ1) is 18.8. The topological polar surface area (TPSA) is 39.0 Å². The number of imidazole rings is 1. The molecular weight excluding hydrogens is 298 g/mol. The van der Waals surface area contributed by atoms with Gasteiger partial charge in [-0.3, -0.25) is 9.13 Å². The Hall–Kier alpha value is -1.26. The first-order valence-electron chi connectivity index (χ1n) is 8.00. The van der Waals surface area contributed by atoms with Crippen LogP contribution in [0.15, 0.2) is 23.0 Å². The number of halogens is 1. The molecule has 0 radical (unpaired) electrons. The number of aryl methyl sites for hydroxylation is 2. The number of rotatable bonds is 8. The van der Waals surface area contributed by atoms with E-state index in [2.05, 4.69) is 24.4 Å². The molecule has 124 valence electrons. The van der Waals surface area contributed by atoms with Gasteiger partial charge in [0, 0.05) is 20.6 Å². The van der Waals surface area contributed by atoms with Gasteiger partial charge in [0.05, 0.1) is 11.0 Å². The van der Waals surface area contributed by atoms with Crippen LogP contribution in [0.4, 0.5) is 0 Å². The van der Waals surface area contributed by atoms with E-state index in [1.54, 1.807) is 9.13 Å². The Balaban J connectivity index is 0.00000242. The van der Waals surface area contributed by atoms with E-state index >= 15 is 0 Å². The maximum atomic E-state index is 11.9. The molecule has 0 unspecified atom stereocenters. The molecule has 0 bridgehead atoms. The van der Waals surface area contributed by atoms with E-state index in [0.29, 0.717) is 0 Å². The average molecular weight is 326 g/mol. The fourth-order valence-corrected chi connectivity index (χ4v) is 2.75. The number of fused-ring (bicyclic) bond motifs is 1. The van der Waals surface area contributed by atoms with Gasteiger partial charge in [-0.25, -0.2) is 4.79 Å². The summed E-state index contributed by atoms with van der Waals surface area (Å²) in [6.45, 7) is 4.17. The highest BCUT2D eigenvalue weighted by Crippen LogP contribution is 2.14. The van der Waals surface area contributed by atoms with Gasteiger partial charge in [0.1, 0.15) is 0 Å². The Morgan fingerprint density at radius 1 is 1.00 bits per heavy atom. The van der Waals surface area contributed by atoms with Crippen LogP contribution in [0.1, 0.15) is 44.6 Å². The predicted octanol–water partition coefficient (Wildman–Crippen LogP) is 3.36. The Morgan fingerprint density at radius 3 is 2.41 bits per heavy atom. The van der Waals surface area contributed by atoms with E-state index < -0.39 is 0 Å². The van der Waals surface area contributed by atoms with E-state index in [1.807, 2.05) is 20.2 Å². The van der Waals surface area contributed by atoms with Gasteiger partial charge in [0.25, 0.3) is 0 Å². The number of nitrogens with zero attached hydrogens (tertiary/aromatic N) is 2. The zero-order chi connectivity index (χ0) is 15.2. The van der Waals surface area contributed by atoms with Crippen LogP contribution in [-0.4, -0.2) is 15.7 Å². The summed E-state index contributed by atoms with van der Waals surface area (Å²) in [6, 6.07) is 6.25. The Morgan fingerprint density at radius 2 is 1.68 bits per heavy atom. The van der Waals surface area contributed by atoms with Gasteiger partial charge in [-0.2, -0.15) is 0 Å². The van der Waals surface area contributed by atoms with Crippen molar-refractivity contribution in [3.05, 3.63) is 34.2 Å². The lowest BCUT2D eigenvalue weighted by atomic mass is 10.1. The van der Waals surface area contributed by atoms with Crippen molar-refractivity contribution in [3.63, 3.8) is 0 Å². The third kappa shape index (κ3) is 4.37. The molecule has 1 heterocycles. The molecule has 22 heavy (non-hydrogen) atoms. The largest absolute Gasteiger partial charge is 0.328 e. The van der Waals surface area contributed by atoms with Crippen LogP contribution in [0.25, 0.3) is 11.0 Å². The second kappa shape index (κ2) is 9.01. The van der Waals surface area contributed by atoms with Gasteiger partial charge < -0.3 is 5.32 Å². The summed E-state index contributed by atoms with van der Waals surface area (Å²) in [4.78, 5) is 11.9. The van der Waals surface area contributed by atoms with Crippen LogP contribution in [0.5, 0.6) is 0 Å². The van der Waals surface area contributed by atoms with Crippen molar-refractivity contribution < 1.29 is 0 Å². The number of nitrogens with one attached hydrogen (secondary N) is 1. The minimum Gasteiger partial charge on any atom is -0.313 e. The molecule has 0 spiro atoms. The second-order valence-electron chi connectivity index (χ2n) is 5.81. The number of unbranched alkanes of at least 4 members (excludes halogenated alkanes) is 4. The molecular formula is C17H28ClN3O. The van der Waals surface area contributed by atoms with Crippen LogP contribution in [0.2, 0.25) is 0 Å². The number of benzene rings is 1. The van der Waals surface area contributed by atoms with Gasteiger partial charge in [-0.1, -0.05) is 38.7 Å². The van der Waals surface area contributed by atoms with E-state index in [9.17, 15) is 4.79 Å². The van der Waals surface area contributed by atoms with E-state index in [4.69, 9.17) is 0 Å². The Bertz CT molecular complexity index is 645. The van der Waals surface area contributed by atoms with Crippen molar-refractivity contribution in [2.24, 2.45) is 14.1 Å². The molecule has 0 aliphatic carbocycles. The van der Waals surface area contributed by atoms with E-state index in [-0.39, 0.29) is 18.1 Å². The molecule has 0 fully saturated rings. The molecule has 1 N–H and O–H groups in total. The minimum absolute atomic E-state index is 0. The van der Waals surface area contributed by atoms with Gasteiger partial charge in [-0.05, 0) is 30.7 Å². The van der Waals surface area contributed by atoms with E-state index in [1.165, 1.54) is 37.7 Å². The van der Waals surface area contributed by atoms with Crippen molar-refractivity contribution in [2.75, 3.05) is 6.54 Å². The monoisotopic (exact) mass is 325 g/mol. The molecule has 0 aliphatic rings. The highest BCUT2D eigenvalue weighted by molar-refractivity contribution is 5.85. The molecule has 0 saturated carbocycles. The third-order valence-electron chi connectivity index (χ3n) is 4.12.